The molecule has 3 aromatic rings. The molecule has 1 aliphatic carbocycles. The summed E-state index contributed by atoms with van der Waals surface area (Å²) in [5, 5.41) is 7.21. The lowest BCUT2D eigenvalue weighted by atomic mass is 10.1. The first-order valence-electron chi connectivity index (χ1n) is 7.65. The van der Waals surface area contributed by atoms with Crippen molar-refractivity contribution in [2.24, 2.45) is 0 Å². The van der Waals surface area contributed by atoms with Crippen LogP contribution in [0.4, 0.5) is 0 Å². The first-order valence-corrected chi connectivity index (χ1v) is 7.65. The molecule has 0 spiro atoms. The van der Waals surface area contributed by atoms with Gasteiger partial charge in [-0.25, -0.2) is 9.67 Å². The second-order valence-electron chi connectivity index (χ2n) is 5.65. The summed E-state index contributed by atoms with van der Waals surface area (Å²) in [4.78, 5) is 16.4. The van der Waals surface area contributed by atoms with Crippen molar-refractivity contribution in [2.45, 2.75) is 18.9 Å². The Kier molecular flexibility index (Phi) is 3.38. The largest absolute Gasteiger partial charge is 0.345 e. The summed E-state index contributed by atoms with van der Waals surface area (Å²) in [6, 6.07) is 15.8. The topological polar surface area (TPSA) is 59.8 Å². The lowest BCUT2D eigenvalue weighted by molar-refractivity contribution is 0.0936. The Bertz CT molecular complexity index is 824. The zero-order valence-corrected chi connectivity index (χ0v) is 12.5. The Morgan fingerprint density at radius 1 is 1.13 bits per heavy atom. The van der Waals surface area contributed by atoms with Gasteiger partial charge in [-0.3, -0.25) is 4.79 Å². The van der Waals surface area contributed by atoms with E-state index in [1.54, 1.807) is 11.0 Å². The number of hydrogen-bond donors (Lipinski definition) is 1. The second kappa shape index (κ2) is 5.68. The molecular weight excluding hydrogens is 288 g/mol. The van der Waals surface area contributed by atoms with E-state index in [1.807, 2.05) is 36.4 Å². The molecular formula is C18H16N4O. The standard InChI is InChI=1S/C18H16N4O/c23-18(21-17-10-7-13-3-1-2-4-16(13)17)14-5-8-15(9-6-14)22-12-19-11-20-22/h1-6,8-9,11-12,17H,7,10H2,(H,21,23)/t17-/m1/s1. The minimum absolute atomic E-state index is 0.0446. The highest BCUT2D eigenvalue weighted by molar-refractivity contribution is 5.94. The molecule has 4 rings (SSSR count). The predicted molar refractivity (Wildman–Crippen MR) is 86.3 cm³/mol. The van der Waals surface area contributed by atoms with E-state index in [2.05, 4.69) is 27.5 Å². The van der Waals surface area contributed by atoms with Crippen LogP contribution in [-0.4, -0.2) is 20.7 Å². The highest BCUT2D eigenvalue weighted by atomic mass is 16.1. The minimum atomic E-state index is -0.0446. The van der Waals surface area contributed by atoms with Crippen LogP contribution in [0.25, 0.3) is 5.69 Å². The van der Waals surface area contributed by atoms with Crippen LogP contribution in [0.1, 0.15) is 33.9 Å². The third-order valence-electron chi connectivity index (χ3n) is 4.25. The van der Waals surface area contributed by atoms with Gasteiger partial charge in [0.15, 0.2) is 0 Å². The van der Waals surface area contributed by atoms with Gasteiger partial charge in [0.05, 0.1) is 11.7 Å². The molecule has 2 aromatic carbocycles. The van der Waals surface area contributed by atoms with E-state index in [-0.39, 0.29) is 11.9 Å². The number of nitrogens with one attached hydrogen (secondary N) is 1. The fourth-order valence-electron chi connectivity index (χ4n) is 3.06. The predicted octanol–water partition coefficient (Wildman–Crippen LogP) is 2.68. The summed E-state index contributed by atoms with van der Waals surface area (Å²) in [6.07, 6.45) is 5.09. The normalized spacial score (nSPS) is 16.1. The molecule has 23 heavy (non-hydrogen) atoms. The van der Waals surface area contributed by atoms with Gasteiger partial charge in [0.2, 0.25) is 0 Å². The number of benzene rings is 2. The average Bonchev–Trinajstić information content (AvgIpc) is 3.25. The van der Waals surface area contributed by atoms with E-state index in [1.165, 1.54) is 17.5 Å². The lowest BCUT2D eigenvalue weighted by Gasteiger charge is -2.14. The van der Waals surface area contributed by atoms with Gasteiger partial charge in [-0.05, 0) is 48.2 Å². The minimum Gasteiger partial charge on any atom is -0.345 e. The van der Waals surface area contributed by atoms with Crippen molar-refractivity contribution in [3.63, 3.8) is 0 Å². The Labute approximate surface area is 134 Å². The number of rotatable bonds is 3. The highest BCUT2D eigenvalue weighted by Crippen LogP contribution is 2.30. The third kappa shape index (κ3) is 2.61. The highest BCUT2D eigenvalue weighted by Gasteiger charge is 2.23. The van der Waals surface area contributed by atoms with Gasteiger partial charge >= 0.3 is 0 Å². The summed E-state index contributed by atoms with van der Waals surface area (Å²) in [5.74, 6) is -0.0446. The van der Waals surface area contributed by atoms with Gasteiger partial charge in [-0.1, -0.05) is 24.3 Å². The molecule has 0 aliphatic heterocycles. The van der Waals surface area contributed by atoms with Gasteiger partial charge < -0.3 is 5.32 Å². The second-order valence-corrected chi connectivity index (χ2v) is 5.65. The fourth-order valence-corrected chi connectivity index (χ4v) is 3.06. The van der Waals surface area contributed by atoms with Crippen LogP contribution in [0.15, 0.2) is 61.2 Å². The Morgan fingerprint density at radius 2 is 1.96 bits per heavy atom. The van der Waals surface area contributed by atoms with E-state index in [0.29, 0.717) is 5.56 Å². The molecule has 0 unspecified atom stereocenters. The van der Waals surface area contributed by atoms with Gasteiger partial charge in [0.1, 0.15) is 12.7 Å². The van der Waals surface area contributed by atoms with Crippen LogP contribution in [0.5, 0.6) is 0 Å². The number of nitrogens with zero attached hydrogens (tertiary/aromatic N) is 3. The number of aromatic nitrogens is 3. The summed E-state index contributed by atoms with van der Waals surface area (Å²) in [5.41, 5.74) is 4.10. The molecule has 5 nitrogen and oxygen atoms in total. The summed E-state index contributed by atoms with van der Waals surface area (Å²) in [7, 11) is 0. The smallest absolute Gasteiger partial charge is 0.251 e. The van der Waals surface area contributed by atoms with E-state index < -0.39 is 0 Å². The van der Waals surface area contributed by atoms with Crippen LogP contribution in [0.3, 0.4) is 0 Å². The van der Waals surface area contributed by atoms with Crippen molar-refractivity contribution in [1.29, 1.82) is 0 Å². The van der Waals surface area contributed by atoms with Gasteiger partial charge in [0.25, 0.3) is 5.91 Å². The lowest BCUT2D eigenvalue weighted by Crippen LogP contribution is -2.27. The molecule has 1 amide bonds. The zero-order chi connectivity index (χ0) is 15.6. The number of carbonyl (C=O) groups is 1. The number of amides is 1. The molecule has 1 aromatic heterocycles. The summed E-state index contributed by atoms with van der Waals surface area (Å²) < 4.78 is 1.66. The van der Waals surface area contributed by atoms with Crippen molar-refractivity contribution in [1.82, 2.24) is 20.1 Å². The van der Waals surface area contributed by atoms with E-state index >= 15 is 0 Å². The fraction of sp³-hybridized carbons (Fsp3) is 0.167. The maximum atomic E-state index is 12.5. The zero-order valence-electron chi connectivity index (χ0n) is 12.5. The van der Waals surface area contributed by atoms with E-state index in [4.69, 9.17) is 0 Å². The van der Waals surface area contributed by atoms with Crippen LogP contribution in [-0.2, 0) is 6.42 Å². The molecule has 1 heterocycles. The Balaban J connectivity index is 1.50. The maximum absolute atomic E-state index is 12.5. The molecule has 0 saturated carbocycles. The van der Waals surface area contributed by atoms with E-state index in [0.717, 1.165) is 18.5 Å². The van der Waals surface area contributed by atoms with Gasteiger partial charge in [-0.2, -0.15) is 5.10 Å². The van der Waals surface area contributed by atoms with Gasteiger partial charge in [-0.15, -0.1) is 0 Å². The van der Waals surface area contributed by atoms with Crippen LogP contribution < -0.4 is 5.32 Å². The van der Waals surface area contributed by atoms with Crippen LogP contribution >= 0.6 is 0 Å². The molecule has 1 atom stereocenters. The van der Waals surface area contributed by atoms with E-state index in [9.17, 15) is 4.79 Å². The molecule has 1 aliphatic rings. The molecule has 1 N–H and O–H groups in total. The van der Waals surface area contributed by atoms with Crippen molar-refractivity contribution in [2.75, 3.05) is 0 Å². The molecule has 0 saturated heterocycles. The number of fused-ring (bicyclic) bond motifs is 1. The summed E-state index contributed by atoms with van der Waals surface area (Å²) >= 11 is 0. The quantitative estimate of drug-likeness (QED) is 0.809. The molecule has 0 radical (unpaired) electrons. The Hall–Kier alpha value is -2.95. The number of carbonyl (C=O) groups excluding carboxylic acids is 1. The molecule has 114 valence electrons. The summed E-state index contributed by atoms with van der Waals surface area (Å²) in [6.45, 7) is 0. The van der Waals surface area contributed by atoms with Crippen LogP contribution in [0.2, 0.25) is 0 Å². The molecule has 0 bridgehead atoms. The Morgan fingerprint density at radius 3 is 2.74 bits per heavy atom. The van der Waals surface area contributed by atoms with Crippen molar-refractivity contribution in [3.05, 3.63) is 77.9 Å². The molecule has 5 heteroatoms. The number of aryl methyl sites for hydroxylation is 1. The monoisotopic (exact) mass is 304 g/mol. The first-order chi connectivity index (χ1) is 11.3. The van der Waals surface area contributed by atoms with Gasteiger partial charge in [0, 0.05) is 5.56 Å². The van der Waals surface area contributed by atoms with Crippen molar-refractivity contribution >= 4 is 5.91 Å². The SMILES string of the molecule is O=C(N[C@@H]1CCc2ccccc21)c1ccc(-n2cncn2)cc1. The first kappa shape index (κ1) is 13.7. The third-order valence-corrected chi connectivity index (χ3v) is 4.25. The number of hydrogen-bond acceptors (Lipinski definition) is 3. The average molecular weight is 304 g/mol. The molecule has 0 fully saturated rings. The van der Waals surface area contributed by atoms with Crippen molar-refractivity contribution < 1.29 is 4.79 Å². The maximum Gasteiger partial charge on any atom is 0.251 e. The van der Waals surface area contributed by atoms with Crippen molar-refractivity contribution in [3.8, 4) is 5.69 Å². The van der Waals surface area contributed by atoms with Crippen LogP contribution in [0, 0.1) is 0 Å².